The second-order valence-corrected chi connectivity index (χ2v) is 4.99. The topological polar surface area (TPSA) is 158 Å². The molecule has 0 heterocycles. The maximum Gasteiger partial charge on any atom is 0.426 e. The van der Waals surface area contributed by atoms with Crippen LogP contribution in [0, 0.1) is 0 Å². The number of carbonyl (C=O) groups is 4. The maximum absolute atomic E-state index is 11.4. The highest BCUT2D eigenvalue weighted by atomic mass is 16.6. The SMILES string of the molecule is CC(C)N(NC(=O)OCCOC(=O)NN(C(=O)O)C(C)C)C(=O)O. The standard InChI is InChI=1S/C12H22N4O8/c1-7(2)15(11(19)20)13-9(17)23-5-6-24-10(18)14-16(8(3)4)12(21)22/h7-8H,5-6H2,1-4H3,(H,13,17)(H,14,18)(H,19,20)(H,21,22). The Morgan fingerprint density at radius 3 is 1.29 bits per heavy atom. The van der Waals surface area contributed by atoms with Crippen molar-refractivity contribution >= 4 is 24.4 Å². The summed E-state index contributed by atoms with van der Waals surface area (Å²) in [5, 5.41) is 19.0. The molecule has 24 heavy (non-hydrogen) atoms. The molecule has 0 aromatic rings. The summed E-state index contributed by atoms with van der Waals surface area (Å²) >= 11 is 0. The summed E-state index contributed by atoms with van der Waals surface area (Å²) in [6.45, 7) is 5.49. The summed E-state index contributed by atoms with van der Waals surface area (Å²) in [7, 11) is 0. The van der Waals surface area contributed by atoms with Gasteiger partial charge in [0.2, 0.25) is 0 Å². The lowest BCUT2D eigenvalue weighted by molar-refractivity contribution is 0.0553. The number of ether oxygens (including phenoxy) is 2. The van der Waals surface area contributed by atoms with E-state index in [1.807, 2.05) is 10.9 Å². The number of rotatable bonds is 5. The van der Waals surface area contributed by atoms with Gasteiger partial charge >= 0.3 is 24.4 Å². The van der Waals surface area contributed by atoms with Gasteiger partial charge in [-0.05, 0) is 27.7 Å². The molecule has 138 valence electrons. The third-order valence-corrected chi connectivity index (χ3v) is 2.42. The quantitative estimate of drug-likeness (QED) is 0.423. The van der Waals surface area contributed by atoms with E-state index in [1.165, 1.54) is 0 Å². The van der Waals surface area contributed by atoms with E-state index in [4.69, 9.17) is 10.2 Å². The molecule has 12 heteroatoms. The van der Waals surface area contributed by atoms with E-state index in [-0.39, 0.29) is 13.2 Å². The average Bonchev–Trinajstić information content (AvgIpc) is 2.45. The van der Waals surface area contributed by atoms with Crippen LogP contribution in [0.4, 0.5) is 19.2 Å². The normalized spacial score (nSPS) is 10.1. The van der Waals surface area contributed by atoms with Crippen LogP contribution in [0.15, 0.2) is 0 Å². The lowest BCUT2D eigenvalue weighted by atomic mass is 10.4. The molecule has 0 aliphatic rings. The second kappa shape index (κ2) is 9.97. The van der Waals surface area contributed by atoms with Crippen molar-refractivity contribution in [1.82, 2.24) is 20.9 Å². The van der Waals surface area contributed by atoms with Gasteiger partial charge in [0.15, 0.2) is 0 Å². The van der Waals surface area contributed by atoms with Gasteiger partial charge in [0.05, 0.1) is 12.1 Å². The fourth-order valence-corrected chi connectivity index (χ4v) is 1.33. The predicted octanol–water partition coefficient (Wildman–Crippen LogP) is 1.05. The minimum atomic E-state index is -1.36. The highest BCUT2D eigenvalue weighted by Crippen LogP contribution is 1.96. The molecule has 0 saturated heterocycles. The van der Waals surface area contributed by atoms with Crippen LogP contribution in [0.3, 0.4) is 0 Å². The van der Waals surface area contributed by atoms with Gasteiger partial charge in [0, 0.05) is 0 Å². The summed E-state index contributed by atoms with van der Waals surface area (Å²) in [4.78, 5) is 44.4. The summed E-state index contributed by atoms with van der Waals surface area (Å²) in [5.41, 5.74) is 3.99. The third-order valence-electron chi connectivity index (χ3n) is 2.42. The van der Waals surface area contributed by atoms with E-state index < -0.39 is 36.5 Å². The smallest absolute Gasteiger partial charge is 0.426 e. The van der Waals surface area contributed by atoms with Gasteiger partial charge in [-0.25, -0.2) is 40.0 Å². The van der Waals surface area contributed by atoms with E-state index in [9.17, 15) is 19.2 Å². The van der Waals surface area contributed by atoms with Gasteiger partial charge in [-0.2, -0.15) is 0 Å². The lowest BCUT2D eigenvalue weighted by Crippen LogP contribution is -2.50. The molecule has 0 unspecified atom stereocenters. The van der Waals surface area contributed by atoms with Crippen LogP contribution in [0.25, 0.3) is 0 Å². The number of carboxylic acid groups (broad SMARTS) is 2. The molecule has 0 rings (SSSR count). The molecule has 0 aliphatic heterocycles. The van der Waals surface area contributed by atoms with Gasteiger partial charge in [-0.15, -0.1) is 0 Å². The van der Waals surface area contributed by atoms with Gasteiger partial charge in [-0.3, -0.25) is 0 Å². The Kier molecular flexibility index (Phi) is 8.76. The summed E-state index contributed by atoms with van der Waals surface area (Å²) < 4.78 is 9.27. The number of hydrogen-bond acceptors (Lipinski definition) is 6. The van der Waals surface area contributed by atoms with Crippen LogP contribution in [0.5, 0.6) is 0 Å². The third kappa shape index (κ3) is 7.91. The Morgan fingerprint density at radius 1 is 0.792 bits per heavy atom. The molecule has 0 aliphatic carbocycles. The van der Waals surface area contributed by atoms with E-state index in [1.54, 1.807) is 27.7 Å². The van der Waals surface area contributed by atoms with Crippen LogP contribution in [-0.2, 0) is 9.47 Å². The fraction of sp³-hybridized carbons (Fsp3) is 0.667. The Labute approximate surface area is 138 Å². The van der Waals surface area contributed by atoms with Gasteiger partial charge in [-0.1, -0.05) is 0 Å². The van der Waals surface area contributed by atoms with Crippen molar-refractivity contribution < 1.29 is 38.9 Å². The number of nitrogens with one attached hydrogen (secondary N) is 2. The van der Waals surface area contributed by atoms with Crippen molar-refractivity contribution in [2.75, 3.05) is 13.2 Å². The number of hydrogen-bond donors (Lipinski definition) is 4. The number of carbonyl (C=O) groups excluding carboxylic acids is 2. The van der Waals surface area contributed by atoms with Crippen LogP contribution < -0.4 is 10.9 Å². The summed E-state index contributed by atoms with van der Waals surface area (Å²) in [5.74, 6) is 0. The zero-order chi connectivity index (χ0) is 18.9. The molecule has 0 radical (unpaired) electrons. The van der Waals surface area contributed by atoms with Crippen molar-refractivity contribution in [2.45, 2.75) is 39.8 Å². The molecule has 12 nitrogen and oxygen atoms in total. The van der Waals surface area contributed by atoms with E-state index in [0.717, 1.165) is 0 Å². The molecular formula is C12H22N4O8. The highest BCUT2D eigenvalue weighted by molar-refractivity contribution is 5.73. The zero-order valence-corrected chi connectivity index (χ0v) is 13.8. The maximum atomic E-state index is 11.4. The first-order chi connectivity index (χ1) is 11.1. The number of amides is 4. The van der Waals surface area contributed by atoms with Crippen LogP contribution in [0.2, 0.25) is 0 Å². The van der Waals surface area contributed by atoms with Gasteiger partial charge < -0.3 is 19.7 Å². The Hall–Kier alpha value is -2.92. The zero-order valence-electron chi connectivity index (χ0n) is 13.8. The predicted molar refractivity (Wildman–Crippen MR) is 79.0 cm³/mol. The average molecular weight is 350 g/mol. The molecule has 0 bridgehead atoms. The van der Waals surface area contributed by atoms with Crippen LogP contribution >= 0.6 is 0 Å². The Morgan fingerprint density at radius 2 is 1.08 bits per heavy atom. The highest BCUT2D eigenvalue weighted by Gasteiger charge is 2.20. The Bertz CT molecular complexity index is 426. The molecule has 4 amide bonds. The van der Waals surface area contributed by atoms with Crippen molar-refractivity contribution in [2.24, 2.45) is 0 Å². The molecule has 0 aromatic carbocycles. The van der Waals surface area contributed by atoms with E-state index >= 15 is 0 Å². The lowest BCUT2D eigenvalue weighted by Gasteiger charge is -2.23. The number of hydrazine groups is 2. The number of nitrogens with zero attached hydrogens (tertiary/aromatic N) is 2. The monoisotopic (exact) mass is 350 g/mol. The molecule has 4 N–H and O–H groups in total. The molecule has 0 atom stereocenters. The van der Waals surface area contributed by atoms with Crippen LogP contribution in [-0.4, -0.2) is 69.9 Å². The first-order valence-electron chi connectivity index (χ1n) is 6.97. The molecule has 0 saturated carbocycles. The molecular weight excluding hydrogens is 328 g/mol. The van der Waals surface area contributed by atoms with Crippen LogP contribution in [0.1, 0.15) is 27.7 Å². The van der Waals surface area contributed by atoms with Crippen molar-refractivity contribution in [3.05, 3.63) is 0 Å². The first-order valence-corrected chi connectivity index (χ1v) is 6.97. The molecule has 0 fully saturated rings. The fourth-order valence-electron chi connectivity index (χ4n) is 1.33. The molecule has 0 aromatic heterocycles. The van der Waals surface area contributed by atoms with E-state index in [0.29, 0.717) is 10.0 Å². The minimum absolute atomic E-state index is 0.348. The second-order valence-electron chi connectivity index (χ2n) is 4.99. The first kappa shape index (κ1) is 21.1. The van der Waals surface area contributed by atoms with Crippen molar-refractivity contribution in [1.29, 1.82) is 0 Å². The molecule has 0 spiro atoms. The Balaban J connectivity index is 4.12. The van der Waals surface area contributed by atoms with Gasteiger partial charge in [0.1, 0.15) is 13.2 Å². The summed E-state index contributed by atoms with van der Waals surface area (Å²) in [6, 6.07) is -1.01. The van der Waals surface area contributed by atoms with E-state index in [2.05, 4.69) is 9.47 Å². The minimum Gasteiger partial charge on any atom is -0.464 e. The largest absolute Gasteiger partial charge is 0.464 e. The van der Waals surface area contributed by atoms with Crippen molar-refractivity contribution in [3.63, 3.8) is 0 Å². The summed E-state index contributed by atoms with van der Waals surface area (Å²) in [6.07, 6.45) is -4.80. The van der Waals surface area contributed by atoms with Crippen molar-refractivity contribution in [3.8, 4) is 0 Å². The van der Waals surface area contributed by atoms with Gasteiger partial charge in [0.25, 0.3) is 0 Å².